The Kier molecular flexibility index (Phi) is 3.77. The van der Waals surface area contributed by atoms with E-state index in [-0.39, 0.29) is 22.8 Å². The summed E-state index contributed by atoms with van der Waals surface area (Å²) in [4.78, 5) is 0. The average molecular weight is 355 g/mol. The monoisotopic (exact) mass is 354 g/mol. The summed E-state index contributed by atoms with van der Waals surface area (Å²) in [5, 5.41) is 10.6. The second kappa shape index (κ2) is 9.94. The zero-order valence-corrected chi connectivity index (χ0v) is 14.1. The third-order valence-corrected chi connectivity index (χ3v) is 3.28. The molecule has 0 bridgehead atoms. The fourth-order valence-corrected chi connectivity index (χ4v) is 2.07. The topological polar surface area (TPSA) is 47.9 Å². The Hall–Kier alpha value is -2.20. The smallest absolute Gasteiger partial charge is 0.160 e. The van der Waals surface area contributed by atoms with Crippen molar-refractivity contribution in [1.29, 1.82) is 0 Å². The SMILES string of the molecule is [2H]C([2H])([2H])Oc1ccc(C([2H])([2H])CCC([2H])([2H])C([2H])(O)C([2H])([2H])Oc2cccc(C)c2)cc1OC. The van der Waals surface area contributed by atoms with Crippen LogP contribution in [0.15, 0.2) is 42.5 Å². The molecule has 0 aliphatic heterocycles. The molecule has 0 aliphatic rings. The maximum Gasteiger partial charge on any atom is 0.160 e. The van der Waals surface area contributed by atoms with Crippen molar-refractivity contribution in [2.45, 2.75) is 38.6 Å². The standard InChI is InChI=1S/C21H28O4/c1-16-7-6-10-19(13-16)25-15-18(22)9-5-4-8-17-11-12-20(23-2)21(14-17)24-3/h6-7,10-14,18,22H,4-5,8-9,15H2,1-3H3/i2D3,8D2,9D2,15D2,18D. The van der Waals surface area contributed by atoms with Crippen LogP contribution in [0.2, 0.25) is 0 Å². The first-order valence-electron chi connectivity index (χ1n) is 12.7. The zero-order valence-electron chi connectivity index (χ0n) is 24.1. The molecule has 0 spiro atoms. The van der Waals surface area contributed by atoms with Crippen LogP contribution in [0.5, 0.6) is 17.2 Å². The van der Waals surface area contributed by atoms with E-state index < -0.39 is 45.3 Å². The van der Waals surface area contributed by atoms with Crippen molar-refractivity contribution in [3.8, 4) is 17.2 Å². The predicted octanol–water partition coefficient (Wildman–Crippen LogP) is 4.16. The molecular formula is C21H28O4. The lowest BCUT2D eigenvalue weighted by Gasteiger charge is -2.13. The molecule has 2 aromatic carbocycles. The minimum Gasteiger partial charge on any atom is -0.493 e. The van der Waals surface area contributed by atoms with Gasteiger partial charge in [0.1, 0.15) is 12.3 Å². The quantitative estimate of drug-likeness (QED) is 0.696. The molecule has 0 radical (unpaired) electrons. The van der Waals surface area contributed by atoms with E-state index in [1.807, 2.05) is 0 Å². The van der Waals surface area contributed by atoms with Crippen molar-refractivity contribution in [2.75, 3.05) is 20.7 Å². The van der Waals surface area contributed by atoms with Gasteiger partial charge in [0.25, 0.3) is 0 Å². The largest absolute Gasteiger partial charge is 0.493 e. The van der Waals surface area contributed by atoms with Gasteiger partial charge in [-0.25, -0.2) is 0 Å². The number of rotatable bonds is 10. The Bertz CT molecular complexity index is 1020. The van der Waals surface area contributed by atoms with E-state index in [1.54, 1.807) is 19.1 Å². The molecule has 136 valence electrons. The van der Waals surface area contributed by atoms with E-state index in [9.17, 15) is 5.11 Å². The molecule has 0 fully saturated rings. The highest BCUT2D eigenvalue weighted by molar-refractivity contribution is 5.42. The molecule has 0 amide bonds. The average Bonchev–Trinajstić information content (AvgIpc) is 2.71. The lowest BCUT2D eigenvalue weighted by atomic mass is 10.0. The van der Waals surface area contributed by atoms with Crippen molar-refractivity contribution in [1.82, 2.24) is 0 Å². The van der Waals surface area contributed by atoms with E-state index >= 15 is 0 Å². The van der Waals surface area contributed by atoms with Gasteiger partial charge in [-0.2, -0.15) is 0 Å². The fourth-order valence-electron chi connectivity index (χ4n) is 2.07. The molecule has 25 heavy (non-hydrogen) atoms. The fraction of sp³-hybridized carbons (Fsp3) is 0.429. The van der Waals surface area contributed by atoms with Crippen LogP contribution in [0.25, 0.3) is 0 Å². The number of aryl methyl sites for hydroxylation is 2. The molecule has 1 atom stereocenters. The Morgan fingerprint density at radius 3 is 2.80 bits per heavy atom. The van der Waals surface area contributed by atoms with Gasteiger partial charge in [-0.3, -0.25) is 0 Å². The highest BCUT2D eigenvalue weighted by atomic mass is 16.5. The summed E-state index contributed by atoms with van der Waals surface area (Å²) < 4.78 is 93.9. The Balaban J connectivity index is 2.22. The summed E-state index contributed by atoms with van der Waals surface area (Å²) in [7, 11) is -1.50. The third kappa shape index (κ3) is 6.31. The first-order valence-corrected chi connectivity index (χ1v) is 7.67. The van der Waals surface area contributed by atoms with Crippen molar-refractivity contribution in [2.24, 2.45) is 0 Å². The Morgan fingerprint density at radius 2 is 2.04 bits per heavy atom. The molecule has 2 aromatic rings. The van der Waals surface area contributed by atoms with Gasteiger partial charge in [-0.1, -0.05) is 24.6 Å². The summed E-state index contributed by atoms with van der Waals surface area (Å²) in [6.07, 6.45) is -9.83. The molecule has 0 aromatic heterocycles. The number of methoxy groups -OCH3 is 2. The number of benzene rings is 2. The molecule has 0 saturated carbocycles. The maximum absolute atomic E-state index is 10.6. The van der Waals surface area contributed by atoms with Gasteiger partial charge in [-0.15, -0.1) is 0 Å². The first-order chi connectivity index (χ1) is 15.8. The molecule has 0 aliphatic carbocycles. The Morgan fingerprint density at radius 1 is 1.16 bits per heavy atom. The molecule has 1 N–H and O–H groups in total. The zero-order chi connectivity index (χ0) is 26.9. The highest BCUT2D eigenvalue weighted by Gasteiger charge is 2.07. The minimum absolute atomic E-state index is 0.00161. The van der Waals surface area contributed by atoms with Crippen LogP contribution in [0.3, 0.4) is 0 Å². The Labute approximate surface area is 164 Å². The molecule has 0 saturated heterocycles. The van der Waals surface area contributed by atoms with Crippen molar-refractivity contribution in [3.05, 3.63) is 53.6 Å². The van der Waals surface area contributed by atoms with Crippen LogP contribution in [0.1, 0.15) is 44.0 Å². The minimum atomic E-state index is -3.39. The van der Waals surface area contributed by atoms with Gasteiger partial charge in [0.15, 0.2) is 11.5 Å². The lowest BCUT2D eigenvalue weighted by molar-refractivity contribution is 0.0976. The summed E-state index contributed by atoms with van der Waals surface area (Å²) in [6, 6.07) is 9.86. The molecule has 4 heteroatoms. The van der Waals surface area contributed by atoms with Crippen molar-refractivity contribution < 1.29 is 33.0 Å². The lowest BCUT2D eigenvalue weighted by Crippen LogP contribution is -2.17. The van der Waals surface area contributed by atoms with E-state index in [1.165, 1.54) is 37.4 Å². The van der Waals surface area contributed by atoms with Gasteiger partial charge < -0.3 is 19.3 Å². The van der Waals surface area contributed by atoms with E-state index in [4.69, 9.17) is 27.9 Å². The van der Waals surface area contributed by atoms with Gasteiger partial charge in [0.2, 0.25) is 0 Å². The molecule has 4 nitrogen and oxygen atoms in total. The van der Waals surface area contributed by atoms with Crippen LogP contribution in [0, 0.1) is 6.92 Å². The summed E-state index contributed by atoms with van der Waals surface area (Å²) >= 11 is 0. The second-order valence-corrected chi connectivity index (χ2v) is 5.19. The van der Waals surface area contributed by atoms with E-state index in [0.717, 1.165) is 5.56 Å². The van der Waals surface area contributed by atoms with Crippen molar-refractivity contribution in [3.63, 3.8) is 0 Å². The highest BCUT2D eigenvalue weighted by Crippen LogP contribution is 2.28. The summed E-state index contributed by atoms with van der Waals surface area (Å²) in [5.41, 5.74) is 0.740. The van der Waals surface area contributed by atoms with Gasteiger partial charge in [0, 0.05) is 5.48 Å². The van der Waals surface area contributed by atoms with E-state index in [0.29, 0.717) is 0 Å². The number of hydrogen-bond donors (Lipinski definition) is 1. The molecule has 1 unspecified atom stereocenters. The van der Waals surface area contributed by atoms with Crippen LogP contribution >= 0.6 is 0 Å². The van der Waals surface area contributed by atoms with Gasteiger partial charge >= 0.3 is 0 Å². The van der Waals surface area contributed by atoms with Crippen LogP contribution in [-0.4, -0.2) is 31.9 Å². The van der Waals surface area contributed by atoms with Crippen LogP contribution in [0.4, 0.5) is 0 Å². The maximum atomic E-state index is 10.6. The summed E-state index contributed by atoms with van der Waals surface area (Å²) in [6.45, 7) is -1.44. The summed E-state index contributed by atoms with van der Waals surface area (Å²) in [5.74, 6) is -0.187. The first kappa shape index (κ1) is 9.48. The molecule has 0 heterocycles. The van der Waals surface area contributed by atoms with Crippen LogP contribution < -0.4 is 14.2 Å². The third-order valence-electron chi connectivity index (χ3n) is 3.28. The molecule has 2 rings (SSSR count). The predicted molar refractivity (Wildman–Crippen MR) is 99.8 cm³/mol. The number of ether oxygens (including phenoxy) is 3. The normalized spacial score (nSPS) is 21.2. The second-order valence-electron chi connectivity index (χ2n) is 5.19. The van der Waals surface area contributed by atoms with Crippen LogP contribution in [-0.2, 0) is 6.37 Å². The van der Waals surface area contributed by atoms with Gasteiger partial charge in [0.05, 0.1) is 28.5 Å². The van der Waals surface area contributed by atoms with Crippen molar-refractivity contribution >= 4 is 0 Å². The van der Waals surface area contributed by atoms with E-state index in [2.05, 4.69) is 0 Å². The number of hydrogen-bond acceptors (Lipinski definition) is 4. The van der Waals surface area contributed by atoms with Gasteiger partial charge in [-0.05, 0) is 61.5 Å². The molecular weight excluding hydrogens is 316 g/mol. The number of aliphatic hydroxyl groups is 1.